The van der Waals surface area contributed by atoms with Gasteiger partial charge in [0.1, 0.15) is 0 Å². The summed E-state index contributed by atoms with van der Waals surface area (Å²) in [5, 5.41) is 0. The molecule has 1 aliphatic carbocycles. The summed E-state index contributed by atoms with van der Waals surface area (Å²) in [7, 11) is 1.97. The molecule has 1 aliphatic heterocycles. The minimum Gasteiger partial charge on any atom is -0.341 e. The zero-order valence-electron chi connectivity index (χ0n) is 16.2. The number of likely N-dealkylation sites (tertiary alicyclic amines) is 1. The number of hydrogen-bond acceptors (Lipinski definition) is 3. The molecule has 1 amide bonds. The first-order valence-electron chi connectivity index (χ1n) is 10.2. The van der Waals surface area contributed by atoms with Crippen LogP contribution in [0.2, 0.25) is 0 Å². The van der Waals surface area contributed by atoms with Gasteiger partial charge in [0.2, 0.25) is 5.91 Å². The number of benzene rings is 1. The molecule has 1 aromatic carbocycles. The topological polar surface area (TPSA) is 40.6 Å². The Morgan fingerprint density at radius 2 is 1.62 bits per heavy atom. The van der Waals surface area contributed by atoms with Crippen molar-refractivity contribution in [2.75, 3.05) is 20.1 Å². The van der Waals surface area contributed by atoms with E-state index in [1.54, 1.807) is 0 Å². The maximum Gasteiger partial charge on any atom is 0.239 e. The van der Waals surface area contributed by atoms with E-state index in [1.165, 1.54) is 19.3 Å². The highest BCUT2D eigenvalue weighted by Crippen LogP contribution is 2.25. The Morgan fingerprint density at radius 1 is 1.00 bits per heavy atom. The Balaban J connectivity index is 1.52. The van der Waals surface area contributed by atoms with E-state index in [1.807, 2.05) is 49.2 Å². The molecular weight excluding hydrogens is 324 g/mol. The number of hydrogen-bond donors (Lipinski definition) is 0. The molecule has 142 valence electrons. The second-order valence-corrected chi connectivity index (χ2v) is 7.96. The van der Waals surface area contributed by atoms with Crippen LogP contribution in [0, 0.1) is 5.92 Å². The monoisotopic (exact) mass is 356 g/mol. The van der Waals surface area contributed by atoms with Crippen LogP contribution >= 0.6 is 0 Å². The highest BCUT2D eigenvalue weighted by molar-refractivity contribution is 5.97. The van der Waals surface area contributed by atoms with Gasteiger partial charge >= 0.3 is 0 Å². The molecule has 4 nitrogen and oxygen atoms in total. The molecule has 0 bridgehead atoms. The van der Waals surface area contributed by atoms with Crippen LogP contribution in [0.3, 0.4) is 0 Å². The van der Waals surface area contributed by atoms with E-state index < -0.39 is 0 Å². The fourth-order valence-corrected chi connectivity index (χ4v) is 4.49. The smallest absolute Gasteiger partial charge is 0.239 e. The van der Waals surface area contributed by atoms with Gasteiger partial charge in [-0.25, -0.2) is 0 Å². The van der Waals surface area contributed by atoms with Gasteiger partial charge in [0, 0.05) is 24.6 Å². The maximum atomic E-state index is 12.9. The Morgan fingerprint density at radius 3 is 2.23 bits per heavy atom. The molecule has 0 aromatic heterocycles. The van der Waals surface area contributed by atoms with E-state index in [0.717, 1.165) is 44.3 Å². The molecule has 2 aliphatic rings. The summed E-state index contributed by atoms with van der Waals surface area (Å²) in [5.41, 5.74) is 0.812. The third kappa shape index (κ3) is 4.35. The lowest BCUT2D eigenvalue weighted by atomic mass is 9.88. The first-order chi connectivity index (χ1) is 12.6. The van der Waals surface area contributed by atoms with Crippen LogP contribution in [0.25, 0.3) is 0 Å². The normalized spacial score (nSPS) is 21.3. The Bertz CT molecular complexity index is 602. The molecular formula is C22H32N2O2. The van der Waals surface area contributed by atoms with Gasteiger partial charge in [-0.15, -0.1) is 0 Å². The van der Waals surface area contributed by atoms with Crippen molar-refractivity contribution in [3.05, 3.63) is 35.9 Å². The molecule has 1 saturated carbocycles. The lowest BCUT2D eigenvalue weighted by molar-refractivity contribution is -0.138. The number of carbonyl (C=O) groups is 2. The van der Waals surface area contributed by atoms with Crippen molar-refractivity contribution < 1.29 is 9.59 Å². The predicted molar refractivity (Wildman–Crippen MR) is 104 cm³/mol. The fourth-order valence-electron chi connectivity index (χ4n) is 4.49. The first kappa shape index (κ1) is 19.1. The number of amides is 1. The molecule has 1 unspecified atom stereocenters. The number of rotatable bonds is 5. The summed E-state index contributed by atoms with van der Waals surface area (Å²) in [6, 6.07) is 9.91. The third-order valence-corrected chi connectivity index (χ3v) is 6.33. The number of nitrogens with zero attached hydrogens (tertiary/aromatic N) is 2. The standard InChI is InChI=1S/C22H32N2O2/c1-17(22(26)23(2)20-11-7-4-8-12-20)24-15-13-19(14-16-24)21(25)18-9-5-3-6-10-18/h3,5-6,9-10,17,19-20H,4,7-8,11-16H2,1-2H3. The number of likely N-dealkylation sites (N-methyl/N-ethyl adjacent to an activating group) is 1. The molecule has 0 radical (unpaired) electrons. The van der Waals surface area contributed by atoms with Crippen molar-refractivity contribution in [3.63, 3.8) is 0 Å². The molecule has 3 rings (SSSR count). The van der Waals surface area contributed by atoms with E-state index in [4.69, 9.17) is 0 Å². The SMILES string of the molecule is CC(C(=O)N(C)C1CCCCC1)N1CCC(C(=O)c2ccccc2)CC1. The first-order valence-corrected chi connectivity index (χ1v) is 10.2. The van der Waals surface area contributed by atoms with E-state index in [0.29, 0.717) is 6.04 Å². The molecule has 0 spiro atoms. The van der Waals surface area contributed by atoms with Gasteiger partial charge in [0.25, 0.3) is 0 Å². The molecule has 1 atom stereocenters. The summed E-state index contributed by atoms with van der Waals surface area (Å²) in [5.74, 6) is 0.584. The second kappa shape index (κ2) is 8.81. The summed E-state index contributed by atoms with van der Waals surface area (Å²) in [4.78, 5) is 29.8. The Hall–Kier alpha value is -1.68. The van der Waals surface area contributed by atoms with Crippen LogP contribution in [-0.4, -0.2) is 53.7 Å². The van der Waals surface area contributed by atoms with Crippen molar-refractivity contribution in [2.24, 2.45) is 5.92 Å². The van der Waals surface area contributed by atoms with E-state index >= 15 is 0 Å². The number of ketones is 1. The van der Waals surface area contributed by atoms with Gasteiger partial charge in [0.05, 0.1) is 6.04 Å². The number of Topliss-reactive ketones (excluding diaryl/α,β-unsaturated/α-hetero) is 1. The van der Waals surface area contributed by atoms with Crippen LogP contribution in [0.4, 0.5) is 0 Å². The van der Waals surface area contributed by atoms with Crippen molar-refractivity contribution in [1.29, 1.82) is 0 Å². The van der Waals surface area contributed by atoms with Crippen molar-refractivity contribution in [2.45, 2.75) is 64.0 Å². The van der Waals surface area contributed by atoms with Gasteiger partial charge in [-0.2, -0.15) is 0 Å². The average molecular weight is 357 g/mol. The van der Waals surface area contributed by atoms with Crippen LogP contribution in [0.5, 0.6) is 0 Å². The van der Waals surface area contributed by atoms with E-state index in [-0.39, 0.29) is 23.7 Å². The molecule has 1 aromatic rings. The Kier molecular flexibility index (Phi) is 6.47. The van der Waals surface area contributed by atoms with Gasteiger partial charge in [-0.1, -0.05) is 49.6 Å². The van der Waals surface area contributed by atoms with E-state index in [9.17, 15) is 9.59 Å². The lowest BCUT2D eigenvalue weighted by Gasteiger charge is -2.39. The highest BCUT2D eigenvalue weighted by Gasteiger charge is 2.33. The highest BCUT2D eigenvalue weighted by atomic mass is 16.2. The van der Waals surface area contributed by atoms with Crippen molar-refractivity contribution in [1.82, 2.24) is 9.80 Å². The molecule has 0 N–H and O–H groups in total. The molecule has 2 fully saturated rings. The summed E-state index contributed by atoms with van der Waals surface area (Å²) >= 11 is 0. The van der Waals surface area contributed by atoms with Crippen molar-refractivity contribution in [3.8, 4) is 0 Å². The second-order valence-electron chi connectivity index (χ2n) is 7.96. The number of carbonyl (C=O) groups excluding carboxylic acids is 2. The summed E-state index contributed by atoms with van der Waals surface area (Å²) in [6.07, 6.45) is 7.76. The summed E-state index contributed by atoms with van der Waals surface area (Å²) in [6.45, 7) is 3.68. The van der Waals surface area contributed by atoms with Crippen molar-refractivity contribution >= 4 is 11.7 Å². The molecule has 1 heterocycles. The average Bonchev–Trinajstić information content (AvgIpc) is 2.73. The zero-order valence-corrected chi connectivity index (χ0v) is 16.2. The van der Waals surface area contributed by atoms with Gasteiger partial charge in [-0.3, -0.25) is 14.5 Å². The zero-order chi connectivity index (χ0) is 18.5. The predicted octanol–water partition coefficient (Wildman–Crippen LogP) is 3.76. The van der Waals surface area contributed by atoms with Gasteiger partial charge in [-0.05, 0) is 45.7 Å². The Labute approximate surface area is 157 Å². The molecule has 26 heavy (non-hydrogen) atoms. The molecule has 4 heteroatoms. The minimum atomic E-state index is -0.0882. The lowest BCUT2D eigenvalue weighted by Crippen LogP contribution is -2.51. The largest absolute Gasteiger partial charge is 0.341 e. The van der Waals surface area contributed by atoms with Crippen LogP contribution in [-0.2, 0) is 4.79 Å². The van der Waals surface area contributed by atoms with Crippen LogP contribution in [0.1, 0.15) is 62.2 Å². The van der Waals surface area contributed by atoms with Gasteiger partial charge < -0.3 is 4.90 Å². The molecule has 1 saturated heterocycles. The maximum absolute atomic E-state index is 12.9. The van der Waals surface area contributed by atoms with Crippen LogP contribution in [0.15, 0.2) is 30.3 Å². The minimum absolute atomic E-state index is 0.0882. The van der Waals surface area contributed by atoms with Gasteiger partial charge in [0.15, 0.2) is 5.78 Å². The van der Waals surface area contributed by atoms with Crippen LogP contribution < -0.4 is 0 Å². The quantitative estimate of drug-likeness (QED) is 0.754. The fraction of sp³-hybridized carbons (Fsp3) is 0.636. The number of piperidine rings is 1. The van der Waals surface area contributed by atoms with E-state index in [2.05, 4.69) is 4.90 Å². The summed E-state index contributed by atoms with van der Waals surface area (Å²) < 4.78 is 0. The third-order valence-electron chi connectivity index (χ3n) is 6.33.